The van der Waals surface area contributed by atoms with E-state index in [0.29, 0.717) is 0 Å². The molecule has 0 heteroatoms. The molecule has 1 atom stereocenters. The minimum Gasteiger partial charge on any atom is -0.0654 e. The van der Waals surface area contributed by atoms with Crippen molar-refractivity contribution in [3.63, 3.8) is 0 Å². The van der Waals surface area contributed by atoms with Gasteiger partial charge in [-0.25, -0.2) is 0 Å². The van der Waals surface area contributed by atoms with Gasteiger partial charge in [0.15, 0.2) is 0 Å². The molecule has 0 fully saturated rings. The van der Waals surface area contributed by atoms with Crippen LogP contribution >= 0.6 is 0 Å². The average Bonchev–Trinajstić information content (AvgIpc) is 2.80. The van der Waals surface area contributed by atoms with Gasteiger partial charge in [-0.05, 0) is 5.92 Å². The van der Waals surface area contributed by atoms with Crippen LogP contribution in [0.5, 0.6) is 0 Å². The molecule has 0 saturated carbocycles. The van der Waals surface area contributed by atoms with E-state index in [9.17, 15) is 0 Å². The highest BCUT2D eigenvalue weighted by atomic mass is 14.1. The lowest BCUT2D eigenvalue weighted by atomic mass is 9.95. The van der Waals surface area contributed by atoms with E-state index in [2.05, 4.69) is 20.8 Å². The minimum absolute atomic E-state index is 0.968. The summed E-state index contributed by atoms with van der Waals surface area (Å²) in [6, 6.07) is 0. The van der Waals surface area contributed by atoms with Crippen LogP contribution in [0.4, 0.5) is 0 Å². The molecule has 0 nitrogen and oxygen atoms in total. The number of rotatable bonds is 28. The lowest BCUT2D eigenvalue weighted by Crippen LogP contribution is -1.95. The summed E-state index contributed by atoms with van der Waals surface area (Å²) in [7, 11) is 0. The summed E-state index contributed by atoms with van der Waals surface area (Å²) in [5.41, 5.74) is 0. The van der Waals surface area contributed by atoms with Crippen molar-refractivity contribution >= 4 is 0 Å². The van der Waals surface area contributed by atoms with Crippen LogP contribution in [0.1, 0.15) is 201 Å². The molecule has 0 radical (unpaired) electrons. The Morgan fingerprint density at radius 1 is 0.281 bits per heavy atom. The molecule has 194 valence electrons. The molecule has 0 aromatic heterocycles. The maximum atomic E-state index is 2.50. The second kappa shape index (κ2) is 29.0. The Hall–Kier alpha value is 0. The number of hydrogen-bond donors (Lipinski definition) is 0. The third-order valence-corrected chi connectivity index (χ3v) is 7.60. The van der Waals surface area contributed by atoms with E-state index in [1.807, 2.05) is 0 Å². The molecule has 0 bridgehead atoms. The predicted octanol–water partition coefficient (Wildman–Crippen LogP) is 12.6. The largest absolute Gasteiger partial charge is 0.0654 e. The smallest absolute Gasteiger partial charge is 0.0443 e. The highest BCUT2D eigenvalue weighted by Crippen LogP contribution is 2.19. The van der Waals surface area contributed by atoms with Crippen LogP contribution in [0.3, 0.4) is 0 Å². The van der Waals surface area contributed by atoms with E-state index in [1.165, 1.54) is 180 Å². The van der Waals surface area contributed by atoms with Gasteiger partial charge < -0.3 is 0 Å². The number of unbranched alkanes of at least 4 members (excludes halogenated alkanes) is 24. The Bertz CT molecular complexity index is 307. The molecular formula is C32H66. The molecule has 32 heavy (non-hydrogen) atoms. The molecule has 0 aromatic rings. The molecule has 0 heterocycles. The van der Waals surface area contributed by atoms with Gasteiger partial charge >= 0.3 is 0 Å². The summed E-state index contributed by atoms with van der Waals surface area (Å²) < 4.78 is 0. The van der Waals surface area contributed by atoms with Gasteiger partial charge in [0.05, 0.1) is 0 Å². The van der Waals surface area contributed by atoms with Crippen molar-refractivity contribution in [3.05, 3.63) is 0 Å². The Morgan fingerprint density at radius 3 is 0.688 bits per heavy atom. The lowest BCUT2D eigenvalue weighted by Gasteiger charge is -2.11. The number of hydrogen-bond acceptors (Lipinski definition) is 0. The summed E-state index contributed by atoms with van der Waals surface area (Å²) in [5.74, 6) is 0.968. The molecule has 0 saturated heterocycles. The Labute approximate surface area is 206 Å². The van der Waals surface area contributed by atoms with E-state index < -0.39 is 0 Å². The second-order valence-electron chi connectivity index (χ2n) is 11.2. The lowest BCUT2D eigenvalue weighted by molar-refractivity contribution is 0.429. The molecule has 0 amide bonds. The molecule has 0 aromatic carbocycles. The van der Waals surface area contributed by atoms with Crippen molar-refractivity contribution in [2.45, 2.75) is 201 Å². The Kier molecular flexibility index (Phi) is 29.0. The van der Waals surface area contributed by atoms with E-state index in [0.717, 1.165) is 5.92 Å². The average molecular weight is 451 g/mol. The van der Waals surface area contributed by atoms with Crippen molar-refractivity contribution < 1.29 is 0 Å². The van der Waals surface area contributed by atoms with E-state index >= 15 is 0 Å². The summed E-state index contributed by atoms with van der Waals surface area (Å²) >= 11 is 0. The van der Waals surface area contributed by atoms with Crippen LogP contribution in [-0.4, -0.2) is 0 Å². The van der Waals surface area contributed by atoms with Gasteiger partial charge in [0, 0.05) is 0 Å². The van der Waals surface area contributed by atoms with Crippen molar-refractivity contribution in [1.82, 2.24) is 0 Å². The van der Waals surface area contributed by atoms with Gasteiger partial charge in [0.1, 0.15) is 0 Å². The fourth-order valence-corrected chi connectivity index (χ4v) is 5.17. The molecule has 0 aliphatic rings. The van der Waals surface area contributed by atoms with Crippen LogP contribution in [0.25, 0.3) is 0 Å². The zero-order valence-electron chi connectivity index (χ0n) is 23.4. The SMILES string of the molecule is CCCCCCCCCCCCCCCCC(C)CCCCCCCCCCCCCC. The first-order valence-corrected chi connectivity index (χ1v) is 15.8. The normalized spacial score (nSPS) is 12.5. The van der Waals surface area contributed by atoms with Gasteiger partial charge in [-0.1, -0.05) is 201 Å². The highest BCUT2D eigenvalue weighted by Gasteiger charge is 2.02. The standard InChI is InChI=1S/C32H66/c1-4-6-8-10-12-14-16-18-19-21-23-25-27-29-31-32(3)30-28-26-24-22-20-17-15-13-11-9-7-5-2/h32H,4-31H2,1-3H3. The second-order valence-corrected chi connectivity index (χ2v) is 11.2. The van der Waals surface area contributed by atoms with Gasteiger partial charge in [-0.3, -0.25) is 0 Å². The van der Waals surface area contributed by atoms with Gasteiger partial charge in [-0.15, -0.1) is 0 Å². The maximum Gasteiger partial charge on any atom is -0.0443 e. The third-order valence-electron chi connectivity index (χ3n) is 7.60. The quantitative estimate of drug-likeness (QED) is 0.104. The van der Waals surface area contributed by atoms with E-state index in [4.69, 9.17) is 0 Å². The first-order chi connectivity index (χ1) is 15.8. The van der Waals surface area contributed by atoms with E-state index in [1.54, 1.807) is 0 Å². The molecular weight excluding hydrogens is 384 g/mol. The van der Waals surface area contributed by atoms with Gasteiger partial charge in [0.2, 0.25) is 0 Å². The maximum absolute atomic E-state index is 2.50. The summed E-state index contributed by atoms with van der Waals surface area (Å²) in [6.45, 7) is 7.11. The van der Waals surface area contributed by atoms with Crippen molar-refractivity contribution in [2.24, 2.45) is 5.92 Å². The summed E-state index contributed by atoms with van der Waals surface area (Å²) in [6.07, 6.45) is 41.3. The Balaban J connectivity index is 3.13. The molecule has 1 unspecified atom stereocenters. The Morgan fingerprint density at radius 2 is 0.469 bits per heavy atom. The fraction of sp³-hybridized carbons (Fsp3) is 1.00. The molecule has 0 spiro atoms. The van der Waals surface area contributed by atoms with Crippen LogP contribution in [0.2, 0.25) is 0 Å². The molecule has 0 rings (SSSR count). The predicted molar refractivity (Wildman–Crippen MR) is 150 cm³/mol. The van der Waals surface area contributed by atoms with Crippen molar-refractivity contribution in [1.29, 1.82) is 0 Å². The zero-order valence-corrected chi connectivity index (χ0v) is 23.4. The molecule has 0 aliphatic carbocycles. The zero-order chi connectivity index (χ0) is 23.4. The topological polar surface area (TPSA) is 0 Å². The van der Waals surface area contributed by atoms with Crippen molar-refractivity contribution in [2.75, 3.05) is 0 Å². The molecule has 0 aliphatic heterocycles. The fourth-order valence-electron chi connectivity index (χ4n) is 5.17. The van der Waals surface area contributed by atoms with Gasteiger partial charge in [0.25, 0.3) is 0 Å². The summed E-state index contributed by atoms with van der Waals surface area (Å²) in [5, 5.41) is 0. The molecule has 0 N–H and O–H groups in total. The summed E-state index contributed by atoms with van der Waals surface area (Å²) in [4.78, 5) is 0. The van der Waals surface area contributed by atoms with Crippen LogP contribution in [-0.2, 0) is 0 Å². The minimum atomic E-state index is 0.968. The third kappa shape index (κ3) is 28.0. The van der Waals surface area contributed by atoms with Gasteiger partial charge in [-0.2, -0.15) is 0 Å². The highest BCUT2D eigenvalue weighted by molar-refractivity contribution is 4.56. The monoisotopic (exact) mass is 451 g/mol. The van der Waals surface area contributed by atoms with Crippen LogP contribution in [0.15, 0.2) is 0 Å². The van der Waals surface area contributed by atoms with Crippen LogP contribution in [0, 0.1) is 5.92 Å². The van der Waals surface area contributed by atoms with Crippen LogP contribution < -0.4 is 0 Å². The first kappa shape index (κ1) is 32.0. The first-order valence-electron chi connectivity index (χ1n) is 15.8. The van der Waals surface area contributed by atoms with Crippen molar-refractivity contribution in [3.8, 4) is 0 Å². The van der Waals surface area contributed by atoms with E-state index in [-0.39, 0.29) is 0 Å².